The van der Waals surface area contributed by atoms with Crippen LogP contribution in [0.1, 0.15) is 6.92 Å². The molecular formula is C11H14ClF3N2OS. The molecule has 1 amide bonds. The molecule has 0 radical (unpaired) electrons. The van der Waals surface area contributed by atoms with Crippen molar-refractivity contribution in [3.05, 3.63) is 24.0 Å². The van der Waals surface area contributed by atoms with E-state index in [0.717, 1.165) is 23.9 Å². The smallest absolute Gasteiger partial charge is 0.247 e. The van der Waals surface area contributed by atoms with Gasteiger partial charge in [-0.3, -0.25) is 4.79 Å². The van der Waals surface area contributed by atoms with Gasteiger partial charge in [-0.15, -0.1) is 24.2 Å². The Hall–Kier alpha value is -0.920. The van der Waals surface area contributed by atoms with Gasteiger partial charge in [-0.05, 0) is 25.1 Å². The third-order valence-electron chi connectivity index (χ3n) is 1.98. The van der Waals surface area contributed by atoms with Gasteiger partial charge in [0.15, 0.2) is 0 Å². The fourth-order valence-electron chi connectivity index (χ4n) is 1.13. The first-order chi connectivity index (χ1) is 8.40. The van der Waals surface area contributed by atoms with E-state index >= 15 is 0 Å². The van der Waals surface area contributed by atoms with Crippen LogP contribution in [0.15, 0.2) is 23.1 Å². The summed E-state index contributed by atoms with van der Waals surface area (Å²) in [4.78, 5) is 11.8. The molecule has 8 heteroatoms. The lowest BCUT2D eigenvalue weighted by Crippen LogP contribution is -2.32. The molecule has 0 unspecified atom stereocenters. The Kier molecular flexibility index (Phi) is 7.89. The van der Waals surface area contributed by atoms with Crippen molar-refractivity contribution in [2.24, 2.45) is 5.73 Å². The van der Waals surface area contributed by atoms with Crippen LogP contribution in [0.2, 0.25) is 0 Å². The van der Waals surface area contributed by atoms with Gasteiger partial charge >= 0.3 is 0 Å². The summed E-state index contributed by atoms with van der Waals surface area (Å²) >= 11 is 0.845. The fourth-order valence-corrected chi connectivity index (χ4v) is 1.86. The third-order valence-corrected chi connectivity index (χ3v) is 3.06. The van der Waals surface area contributed by atoms with E-state index in [1.165, 1.54) is 13.0 Å². The van der Waals surface area contributed by atoms with Crippen LogP contribution < -0.4 is 11.1 Å². The number of nitrogens with two attached hydrogens (primary N) is 1. The molecule has 0 bridgehead atoms. The Morgan fingerprint density at radius 2 is 2.11 bits per heavy atom. The molecule has 0 aliphatic rings. The van der Waals surface area contributed by atoms with Crippen LogP contribution in [-0.4, -0.2) is 24.1 Å². The maximum absolute atomic E-state index is 13.1. The number of rotatable bonds is 5. The molecule has 1 aromatic carbocycles. The lowest BCUT2D eigenvalue weighted by atomic mass is 10.2. The van der Waals surface area contributed by atoms with Crippen molar-refractivity contribution in [1.29, 1.82) is 0 Å². The molecule has 0 spiro atoms. The van der Waals surface area contributed by atoms with Gasteiger partial charge in [0, 0.05) is 4.90 Å². The Morgan fingerprint density at radius 3 is 2.63 bits per heavy atom. The largest absolute Gasteiger partial charge is 0.324 e. The van der Waals surface area contributed by atoms with E-state index in [2.05, 4.69) is 5.32 Å². The van der Waals surface area contributed by atoms with E-state index in [0.29, 0.717) is 4.90 Å². The molecule has 1 aromatic rings. The second kappa shape index (κ2) is 8.29. The Bertz CT molecular complexity index is 432. The number of alkyl halides is 2. The zero-order valence-corrected chi connectivity index (χ0v) is 11.7. The van der Waals surface area contributed by atoms with Crippen LogP contribution in [-0.2, 0) is 4.79 Å². The number of amides is 1. The van der Waals surface area contributed by atoms with Crippen molar-refractivity contribution in [3.63, 3.8) is 0 Å². The highest BCUT2D eigenvalue weighted by molar-refractivity contribution is 7.99. The molecule has 0 fully saturated rings. The third kappa shape index (κ3) is 6.17. The number of anilines is 1. The first-order valence-electron chi connectivity index (χ1n) is 5.17. The van der Waals surface area contributed by atoms with E-state index in [1.54, 1.807) is 0 Å². The van der Waals surface area contributed by atoms with Crippen LogP contribution >= 0.6 is 24.2 Å². The number of thioether (sulfide) groups is 1. The molecule has 3 N–H and O–H groups in total. The van der Waals surface area contributed by atoms with Crippen molar-refractivity contribution in [2.75, 3.05) is 11.1 Å². The lowest BCUT2D eigenvalue weighted by Gasteiger charge is -2.12. The van der Waals surface area contributed by atoms with Gasteiger partial charge in [0.25, 0.3) is 0 Å². The van der Waals surface area contributed by atoms with Gasteiger partial charge in [0.2, 0.25) is 12.3 Å². The van der Waals surface area contributed by atoms with Crippen LogP contribution in [0.4, 0.5) is 18.9 Å². The highest BCUT2D eigenvalue weighted by Crippen LogP contribution is 2.29. The molecule has 1 rings (SSSR count). The number of benzene rings is 1. The highest BCUT2D eigenvalue weighted by atomic mass is 35.5. The number of nitrogens with one attached hydrogen (secondary N) is 1. The number of carbonyl (C=O) groups is 1. The van der Waals surface area contributed by atoms with Crippen molar-refractivity contribution in [1.82, 2.24) is 0 Å². The quantitative estimate of drug-likeness (QED) is 0.822. The molecule has 19 heavy (non-hydrogen) atoms. The molecule has 0 aromatic heterocycles. The minimum atomic E-state index is -2.47. The maximum Gasteiger partial charge on any atom is 0.247 e. The van der Waals surface area contributed by atoms with E-state index < -0.39 is 29.9 Å². The van der Waals surface area contributed by atoms with E-state index in [4.69, 9.17) is 5.73 Å². The maximum atomic E-state index is 13.1. The average molecular weight is 315 g/mol. The topological polar surface area (TPSA) is 55.1 Å². The molecule has 0 saturated carbocycles. The second-order valence-electron chi connectivity index (χ2n) is 3.62. The summed E-state index contributed by atoms with van der Waals surface area (Å²) in [5.74, 6) is -1.48. The lowest BCUT2D eigenvalue weighted by molar-refractivity contribution is -0.117. The summed E-state index contributed by atoms with van der Waals surface area (Å²) in [6.45, 7) is 1.47. The van der Waals surface area contributed by atoms with Gasteiger partial charge in [-0.1, -0.05) is 0 Å². The molecule has 0 aliphatic heterocycles. The minimum absolute atomic E-state index is 0. The summed E-state index contributed by atoms with van der Waals surface area (Å²) in [6.07, 6.45) is -2.47. The van der Waals surface area contributed by atoms with Gasteiger partial charge in [0.1, 0.15) is 5.82 Å². The number of hydrogen-bond donors (Lipinski definition) is 2. The van der Waals surface area contributed by atoms with E-state index in [1.807, 2.05) is 0 Å². The predicted molar refractivity (Wildman–Crippen MR) is 72.7 cm³/mol. The number of carbonyl (C=O) groups excluding carboxylic acids is 1. The van der Waals surface area contributed by atoms with Crippen molar-refractivity contribution >= 4 is 35.8 Å². The summed E-state index contributed by atoms with van der Waals surface area (Å²) < 4.78 is 37.3. The SMILES string of the molecule is C[C@H](N)C(=O)Nc1cc(F)ccc1SCC(F)F.Cl. The van der Waals surface area contributed by atoms with Crippen molar-refractivity contribution in [2.45, 2.75) is 24.3 Å². The summed E-state index contributed by atoms with van der Waals surface area (Å²) in [6, 6.07) is 2.81. The fraction of sp³-hybridized carbons (Fsp3) is 0.364. The average Bonchev–Trinajstić information content (AvgIpc) is 2.27. The monoisotopic (exact) mass is 314 g/mol. The molecule has 0 saturated heterocycles. The zero-order valence-electron chi connectivity index (χ0n) is 10.0. The summed E-state index contributed by atoms with van der Waals surface area (Å²) in [7, 11) is 0. The highest BCUT2D eigenvalue weighted by Gasteiger charge is 2.13. The second-order valence-corrected chi connectivity index (χ2v) is 4.68. The van der Waals surface area contributed by atoms with Crippen molar-refractivity contribution < 1.29 is 18.0 Å². The van der Waals surface area contributed by atoms with E-state index in [-0.39, 0.29) is 18.1 Å². The summed E-state index contributed by atoms with van der Waals surface area (Å²) in [5, 5.41) is 2.40. The van der Waals surface area contributed by atoms with Gasteiger partial charge < -0.3 is 11.1 Å². The van der Waals surface area contributed by atoms with E-state index in [9.17, 15) is 18.0 Å². The molecular weight excluding hydrogens is 301 g/mol. The first kappa shape index (κ1) is 18.1. The van der Waals surface area contributed by atoms with Crippen LogP contribution in [0.5, 0.6) is 0 Å². The molecule has 108 valence electrons. The Morgan fingerprint density at radius 1 is 1.47 bits per heavy atom. The molecule has 3 nitrogen and oxygen atoms in total. The van der Waals surface area contributed by atoms with Crippen molar-refractivity contribution in [3.8, 4) is 0 Å². The normalized spacial score (nSPS) is 11.9. The summed E-state index contributed by atoms with van der Waals surface area (Å²) in [5.41, 5.74) is 5.52. The van der Waals surface area contributed by atoms with Gasteiger partial charge in [-0.2, -0.15) is 0 Å². The predicted octanol–water partition coefficient (Wildman–Crippen LogP) is 2.89. The van der Waals surface area contributed by atoms with Gasteiger partial charge in [-0.25, -0.2) is 13.2 Å². The Labute approximate surface area is 119 Å². The number of hydrogen-bond acceptors (Lipinski definition) is 3. The minimum Gasteiger partial charge on any atom is -0.324 e. The molecule has 0 aliphatic carbocycles. The molecule has 0 heterocycles. The van der Waals surface area contributed by atoms with Crippen LogP contribution in [0.3, 0.4) is 0 Å². The zero-order chi connectivity index (χ0) is 13.7. The Balaban J connectivity index is 0.00000324. The van der Waals surface area contributed by atoms with Crippen LogP contribution in [0.25, 0.3) is 0 Å². The first-order valence-corrected chi connectivity index (χ1v) is 6.15. The van der Waals surface area contributed by atoms with Gasteiger partial charge in [0.05, 0.1) is 17.5 Å². The van der Waals surface area contributed by atoms with Crippen LogP contribution in [0, 0.1) is 5.82 Å². The number of halogens is 4. The standard InChI is InChI=1S/C11H13F3N2OS.ClH/c1-6(15)11(17)16-8-4-7(12)2-3-9(8)18-5-10(13)14;/h2-4,6,10H,5,15H2,1H3,(H,16,17);1H/t6-;/m0./s1. The molecule has 1 atom stereocenters.